The average Bonchev–Trinajstić information content (AvgIpc) is 2.46. The Morgan fingerprint density at radius 3 is 2.71 bits per heavy atom. The molecule has 2 aromatic rings. The fraction of sp³-hybridized carbons (Fsp3) is 0.412. The van der Waals surface area contributed by atoms with Crippen LogP contribution in [0.3, 0.4) is 0 Å². The minimum atomic E-state index is -0.0540. The first-order chi connectivity index (χ1) is 10.1. The van der Waals surface area contributed by atoms with E-state index in [1.807, 2.05) is 32.0 Å². The number of aromatic nitrogens is 1. The molecule has 4 heteroatoms. The molecule has 0 radical (unpaired) electrons. The summed E-state index contributed by atoms with van der Waals surface area (Å²) < 4.78 is 0. The van der Waals surface area contributed by atoms with Crippen molar-refractivity contribution in [1.29, 1.82) is 0 Å². The summed E-state index contributed by atoms with van der Waals surface area (Å²) in [4.78, 5) is 16.8. The second-order valence-corrected chi connectivity index (χ2v) is 5.32. The first-order valence-electron chi connectivity index (χ1n) is 7.48. The van der Waals surface area contributed by atoms with Crippen molar-refractivity contribution >= 4 is 16.8 Å². The lowest BCUT2D eigenvalue weighted by Crippen LogP contribution is -2.32. The minimum Gasteiger partial charge on any atom is -0.351 e. The van der Waals surface area contributed by atoms with Crippen molar-refractivity contribution in [3.05, 3.63) is 41.1 Å². The van der Waals surface area contributed by atoms with Gasteiger partial charge in [0.05, 0.1) is 16.8 Å². The van der Waals surface area contributed by atoms with E-state index in [0.29, 0.717) is 12.1 Å². The molecule has 0 aliphatic heterocycles. The molecule has 0 saturated carbocycles. The van der Waals surface area contributed by atoms with Gasteiger partial charge in [0, 0.05) is 18.5 Å². The van der Waals surface area contributed by atoms with Crippen LogP contribution in [-0.4, -0.2) is 30.5 Å². The van der Waals surface area contributed by atoms with Gasteiger partial charge in [0.15, 0.2) is 0 Å². The van der Waals surface area contributed by atoms with Crippen molar-refractivity contribution in [2.75, 3.05) is 19.6 Å². The number of rotatable bonds is 6. The maximum absolute atomic E-state index is 12.2. The molecule has 0 aliphatic rings. The molecule has 0 fully saturated rings. The number of benzene rings is 1. The summed E-state index contributed by atoms with van der Waals surface area (Å²) in [5.41, 5.74) is 3.52. The van der Waals surface area contributed by atoms with E-state index in [0.717, 1.165) is 36.1 Å². The molecule has 0 bridgehead atoms. The summed E-state index contributed by atoms with van der Waals surface area (Å²) in [7, 11) is 0. The summed E-state index contributed by atoms with van der Waals surface area (Å²) in [6, 6.07) is 8.02. The van der Waals surface area contributed by atoms with E-state index < -0.39 is 0 Å². The summed E-state index contributed by atoms with van der Waals surface area (Å²) in [5.74, 6) is -0.0540. The number of amides is 1. The van der Waals surface area contributed by atoms with Crippen LogP contribution in [0.4, 0.5) is 0 Å². The minimum absolute atomic E-state index is 0.0540. The van der Waals surface area contributed by atoms with Crippen LogP contribution in [0.5, 0.6) is 0 Å². The van der Waals surface area contributed by atoms with Crippen LogP contribution in [0.1, 0.15) is 35.0 Å². The Balaban J connectivity index is 2.09. The van der Waals surface area contributed by atoms with Gasteiger partial charge in [0.25, 0.3) is 5.91 Å². The highest BCUT2D eigenvalue weighted by Gasteiger charge is 2.11. The molecule has 0 spiro atoms. The molecule has 21 heavy (non-hydrogen) atoms. The predicted octanol–water partition coefficient (Wildman–Crippen LogP) is 2.58. The first kappa shape index (κ1) is 15.4. The Hall–Kier alpha value is -1.94. The van der Waals surface area contributed by atoms with Crippen LogP contribution in [0.2, 0.25) is 0 Å². The molecule has 0 unspecified atom stereocenters. The second-order valence-electron chi connectivity index (χ2n) is 5.32. The van der Waals surface area contributed by atoms with Crippen LogP contribution in [0.15, 0.2) is 24.3 Å². The number of hydrogen-bond acceptors (Lipinski definition) is 3. The zero-order valence-corrected chi connectivity index (χ0v) is 13.0. The van der Waals surface area contributed by atoms with Crippen LogP contribution in [0, 0.1) is 13.8 Å². The number of pyridine rings is 1. The highest BCUT2D eigenvalue weighted by molar-refractivity contribution is 5.98. The van der Waals surface area contributed by atoms with Crippen molar-refractivity contribution in [2.24, 2.45) is 0 Å². The van der Waals surface area contributed by atoms with E-state index in [9.17, 15) is 4.79 Å². The number of carbonyl (C=O) groups excluding carboxylic acids is 1. The SMILES string of the molecule is CCCNCCNC(=O)c1cc2cc(C)ccc2nc1C. The van der Waals surface area contributed by atoms with E-state index in [4.69, 9.17) is 0 Å². The van der Waals surface area contributed by atoms with Gasteiger partial charge in [-0.2, -0.15) is 0 Å². The van der Waals surface area contributed by atoms with Crippen LogP contribution in [0.25, 0.3) is 10.9 Å². The van der Waals surface area contributed by atoms with Crippen molar-refractivity contribution in [3.63, 3.8) is 0 Å². The molecule has 1 heterocycles. The van der Waals surface area contributed by atoms with Gasteiger partial charge < -0.3 is 10.6 Å². The number of carbonyl (C=O) groups is 1. The Morgan fingerprint density at radius 1 is 1.14 bits per heavy atom. The van der Waals surface area contributed by atoms with Crippen LogP contribution < -0.4 is 10.6 Å². The topological polar surface area (TPSA) is 54.0 Å². The maximum atomic E-state index is 12.2. The van der Waals surface area contributed by atoms with Gasteiger partial charge in [0.1, 0.15) is 0 Å². The first-order valence-corrected chi connectivity index (χ1v) is 7.48. The Labute approximate surface area is 126 Å². The number of hydrogen-bond donors (Lipinski definition) is 2. The van der Waals surface area contributed by atoms with Gasteiger partial charge in [-0.15, -0.1) is 0 Å². The fourth-order valence-electron chi connectivity index (χ4n) is 2.28. The third-order valence-electron chi connectivity index (χ3n) is 3.42. The van der Waals surface area contributed by atoms with E-state index in [1.165, 1.54) is 5.56 Å². The van der Waals surface area contributed by atoms with E-state index >= 15 is 0 Å². The second kappa shape index (κ2) is 7.18. The van der Waals surface area contributed by atoms with Crippen molar-refractivity contribution in [1.82, 2.24) is 15.6 Å². The third-order valence-corrected chi connectivity index (χ3v) is 3.42. The Bertz CT molecular complexity index is 637. The zero-order valence-electron chi connectivity index (χ0n) is 13.0. The molecule has 0 saturated heterocycles. The maximum Gasteiger partial charge on any atom is 0.253 e. The normalized spacial score (nSPS) is 10.8. The van der Waals surface area contributed by atoms with Gasteiger partial charge in [-0.1, -0.05) is 18.6 Å². The van der Waals surface area contributed by atoms with Crippen molar-refractivity contribution in [2.45, 2.75) is 27.2 Å². The molecule has 1 aromatic heterocycles. The van der Waals surface area contributed by atoms with E-state index in [2.05, 4.69) is 28.6 Å². The molecule has 4 nitrogen and oxygen atoms in total. The monoisotopic (exact) mass is 285 g/mol. The van der Waals surface area contributed by atoms with Crippen LogP contribution >= 0.6 is 0 Å². The lowest BCUT2D eigenvalue weighted by Gasteiger charge is -2.09. The van der Waals surface area contributed by atoms with E-state index in [-0.39, 0.29) is 5.91 Å². The van der Waals surface area contributed by atoms with E-state index in [1.54, 1.807) is 0 Å². The average molecular weight is 285 g/mol. The smallest absolute Gasteiger partial charge is 0.253 e. The molecular formula is C17H23N3O. The molecule has 1 amide bonds. The zero-order chi connectivity index (χ0) is 15.2. The highest BCUT2D eigenvalue weighted by Crippen LogP contribution is 2.18. The molecule has 2 N–H and O–H groups in total. The van der Waals surface area contributed by atoms with Gasteiger partial charge >= 0.3 is 0 Å². The summed E-state index contributed by atoms with van der Waals surface area (Å²) in [5, 5.41) is 7.21. The standard InChI is InChI=1S/C17H23N3O/c1-4-7-18-8-9-19-17(21)15-11-14-10-12(2)5-6-16(14)20-13(15)3/h5-6,10-11,18H,4,7-9H2,1-3H3,(H,19,21). The number of nitrogens with zero attached hydrogens (tertiary/aromatic N) is 1. The molecule has 112 valence electrons. The lowest BCUT2D eigenvalue weighted by molar-refractivity contribution is 0.0953. The number of fused-ring (bicyclic) bond motifs is 1. The largest absolute Gasteiger partial charge is 0.351 e. The molecule has 1 aromatic carbocycles. The highest BCUT2D eigenvalue weighted by atomic mass is 16.1. The molecular weight excluding hydrogens is 262 g/mol. The van der Waals surface area contributed by atoms with Gasteiger partial charge in [0.2, 0.25) is 0 Å². The number of nitrogens with one attached hydrogen (secondary N) is 2. The van der Waals surface area contributed by atoms with Crippen LogP contribution in [-0.2, 0) is 0 Å². The lowest BCUT2D eigenvalue weighted by atomic mass is 10.1. The Kier molecular flexibility index (Phi) is 5.28. The Morgan fingerprint density at radius 2 is 1.95 bits per heavy atom. The predicted molar refractivity (Wildman–Crippen MR) is 86.7 cm³/mol. The number of aryl methyl sites for hydroxylation is 2. The van der Waals surface area contributed by atoms with Gasteiger partial charge in [-0.3, -0.25) is 9.78 Å². The third kappa shape index (κ3) is 4.02. The van der Waals surface area contributed by atoms with Crippen molar-refractivity contribution < 1.29 is 4.79 Å². The molecule has 0 atom stereocenters. The fourth-order valence-corrected chi connectivity index (χ4v) is 2.28. The molecule has 0 aliphatic carbocycles. The van der Waals surface area contributed by atoms with Crippen molar-refractivity contribution in [3.8, 4) is 0 Å². The van der Waals surface area contributed by atoms with Gasteiger partial charge in [-0.25, -0.2) is 0 Å². The quantitative estimate of drug-likeness (QED) is 0.802. The summed E-state index contributed by atoms with van der Waals surface area (Å²) >= 11 is 0. The van der Waals surface area contributed by atoms with Gasteiger partial charge in [-0.05, 0) is 45.0 Å². The summed E-state index contributed by atoms with van der Waals surface area (Å²) in [6.07, 6.45) is 1.10. The summed E-state index contributed by atoms with van der Waals surface area (Å²) in [6.45, 7) is 8.44. The molecule has 2 rings (SSSR count).